The Labute approximate surface area is 163 Å². The van der Waals surface area contributed by atoms with Crippen molar-refractivity contribution in [3.05, 3.63) is 29.8 Å². The molecule has 0 radical (unpaired) electrons. The van der Waals surface area contributed by atoms with Crippen LogP contribution in [0.1, 0.15) is 44.6 Å². The summed E-state index contributed by atoms with van der Waals surface area (Å²) in [6.07, 6.45) is 5.25. The van der Waals surface area contributed by atoms with Crippen molar-refractivity contribution in [1.29, 1.82) is 0 Å². The number of sulfonamides is 1. The molecule has 1 aromatic carbocycles. The van der Waals surface area contributed by atoms with E-state index in [1.54, 1.807) is 16.4 Å². The number of benzene rings is 1. The van der Waals surface area contributed by atoms with Gasteiger partial charge in [-0.1, -0.05) is 30.5 Å². The van der Waals surface area contributed by atoms with Crippen LogP contribution < -0.4 is 5.32 Å². The number of nitrogens with one attached hydrogen (secondary N) is 1. The van der Waals surface area contributed by atoms with Gasteiger partial charge in [0.25, 0.3) is 0 Å². The van der Waals surface area contributed by atoms with Gasteiger partial charge in [-0.25, -0.2) is 8.42 Å². The number of rotatable bonds is 5. The summed E-state index contributed by atoms with van der Waals surface area (Å²) < 4.78 is 27.4. The molecule has 2 fully saturated rings. The SMILES string of the molecule is Cc1ccc(S(=O)(=O)N2CCCN([C@@H](C)C(=O)NC3CCCC3)CC2)cc1. The number of hydrogen-bond acceptors (Lipinski definition) is 4. The summed E-state index contributed by atoms with van der Waals surface area (Å²) >= 11 is 0. The quantitative estimate of drug-likeness (QED) is 0.832. The molecule has 27 heavy (non-hydrogen) atoms. The van der Waals surface area contributed by atoms with Crippen molar-refractivity contribution < 1.29 is 13.2 Å². The lowest BCUT2D eigenvalue weighted by Gasteiger charge is -2.28. The van der Waals surface area contributed by atoms with E-state index in [0.29, 0.717) is 30.6 Å². The molecule has 0 aromatic heterocycles. The zero-order valence-corrected chi connectivity index (χ0v) is 17.2. The maximum atomic E-state index is 12.9. The van der Waals surface area contributed by atoms with E-state index in [-0.39, 0.29) is 11.9 Å². The van der Waals surface area contributed by atoms with Gasteiger partial charge in [0.2, 0.25) is 15.9 Å². The van der Waals surface area contributed by atoms with E-state index < -0.39 is 10.0 Å². The van der Waals surface area contributed by atoms with Gasteiger partial charge in [0.1, 0.15) is 0 Å². The predicted molar refractivity (Wildman–Crippen MR) is 106 cm³/mol. The Hall–Kier alpha value is -1.44. The summed E-state index contributed by atoms with van der Waals surface area (Å²) in [6, 6.07) is 7.08. The van der Waals surface area contributed by atoms with Gasteiger partial charge < -0.3 is 5.32 Å². The average Bonchev–Trinajstić information content (AvgIpc) is 3.02. The van der Waals surface area contributed by atoms with Crippen LogP contribution in [0.2, 0.25) is 0 Å². The number of hydrogen-bond donors (Lipinski definition) is 1. The van der Waals surface area contributed by atoms with Crippen LogP contribution in [-0.4, -0.2) is 61.8 Å². The third-order valence-corrected chi connectivity index (χ3v) is 7.69. The second-order valence-corrected chi connectivity index (χ2v) is 9.71. The molecule has 6 nitrogen and oxygen atoms in total. The zero-order valence-electron chi connectivity index (χ0n) is 16.4. The molecule has 1 atom stereocenters. The van der Waals surface area contributed by atoms with E-state index in [4.69, 9.17) is 0 Å². The molecule has 2 aliphatic rings. The van der Waals surface area contributed by atoms with Crippen LogP contribution in [0.25, 0.3) is 0 Å². The topological polar surface area (TPSA) is 69.7 Å². The molecule has 0 unspecified atom stereocenters. The first-order valence-corrected chi connectivity index (χ1v) is 11.4. The number of aryl methyl sites for hydroxylation is 1. The van der Waals surface area contributed by atoms with Crippen LogP contribution in [0.15, 0.2) is 29.2 Å². The van der Waals surface area contributed by atoms with Crippen molar-refractivity contribution in [2.45, 2.75) is 62.9 Å². The van der Waals surface area contributed by atoms with Crippen LogP contribution >= 0.6 is 0 Å². The molecule has 7 heteroatoms. The monoisotopic (exact) mass is 393 g/mol. The lowest BCUT2D eigenvalue weighted by Crippen LogP contribution is -2.48. The van der Waals surface area contributed by atoms with Gasteiger partial charge in [-0.2, -0.15) is 4.31 Å². The Balaban J connectivity index is 1.60. The van der Waals surface area contributed by atoms with E-state index in [2.05, 4.69) is 10.2 Å². The Morgan fingerprint density at radius 1 is 1.04 bits per heavy atom. The molecule has 1 heterocycles. The molecule has 3 rings (SSSR count). The lowest BCUT2D eigenvalue weighted by molar-refractivity contribution is -0.126. The summed E-state index contributed by atoms with van der Waals surface area (Å²) in [4.78, 5) is 15.0. The van der Waals surface area contributed by atoms with E-state index >= 15 is 0 Å². The van der Waals surface area contributed by atoms with E-state index in [1.165, 1.54) is 12.8 Å². The molecular weight excluding hydrogens is 362 g/mol. The van der Waals surface area contributed by atoms with Gasteiger partial charge in [0.15, 0.2) is 0 Å². The van der Waals surface area contributed by atoms with Crippen molar-refractivity contribution >= 4 is 15.9 Å². The fourth-order valence-electron chi connectivity index (χ4n) is 3.96. The largest absolute Gasteiger partial charge is 0.352 e. The Morgan fingerprint density at radius 3 is 2.37 bits per heavy atom. The maximum Gasteiger partial charge on any atom is 0.243 e. The molecule has 0 spiro atoms. The molecular formula is C20H31N3O3S. The number of carbonyl (C=O) groups excluding carboxylic acids is 1. The highest BCUT2D eigenvalue weighted by atomic mass is 32.2. The molecule has 1 saturated carbocycles. The smallest absolute Gasteiger partial charge is 0.243 e. The second kappa shape index (κ2) is 8.71. The highest BCUT2D eigenvalue weighted by Gasteiger charge is 2.30. The first-order chi connectivity index (χ1) is 12.9. The second-order valence-electron chi connectivity index (χ2n) is 7.77. The summed E-state index contributed by atoms with van der Waals surface area (Å²) in [5.74, 6) is 0.0664. The van der Waals surface area contributed by atoms with Gasteiger partial charge in [-0.15, -0.1) is 0 Å². The number of carbonyl (C=O) groups is 1. The molecule has 150 valence electrons. The standard InChI is InChI=1S/C20H31N3O3S/c1-16-8-10-19(11-9-16)27(25,26)23-13-5-12-22(14-15-23)17(2)20(24)21-18-6-3-4-7-18/h8-11,17-18H,3-7,12-15H2,1-2H3,(H,21,24)/t17-/m0/s1. The minimum atomic E-state index is -3.48. The normalized spacial score (nSPS) is 21.7. The van der Waals surface area contributed by atoms with Crippen LogP contribution in [0.3, 0.4) is 0 Å². The number of nitrogens with zero attached hydrogens (tertiary/aromatic N) is 2. The van der Waals surface area contributed by atoms with E-state index in [1.807, 2.05) is 26.0 Å². The predicted octanol–water partition coefficient (Wildman–Crippen LogP) is 2.14. The van der Waals surface area contributed by atoms with Gasteiger partial charge in [0, 0.05) is 32.2 Å². The molecule has 1 aliphatic carbocycles. The van der Waals surface area contributed by atoms with Gasteiger partial charge in [-0.05, 0) is 45.2 Å². The first-order valence-electron chi connectivity index (χ1n) is 9.99. The van der Waals surface area contributed by atoms with Gasteiger partial charge in [0.05, 0.1) is 10.9 Å². The van der Waals surface area contributed by atoms with E-state index in [0.717, 1.165) is 31.4 Å². The molecule has 1 amide bonds. The van der Waals surface area contributed by atoms with Gasteiger partial charge in [-0.3, -0.25) is 9.69 Å². The van der Waals surface area contributed by atoms with E-state index in [9.17, 15) is 13.2 Å². The first kappa shape index (κ1) is 20.3. The fraction of sp³-hybridized carbons (Fsp3) is 0.650. The van der Waals surface area contributed by atoms with Crippen molar-refractivity contribution in [1.82, 2.24) is 14.5 Å². The van der Waals surface area contributed by atoms with Crippen LogP contribution in [0, 0.1) is 6.92 Å². The average molecular weight is 394 g/mol. The molecule has 0 bridgehead atoms. The zero-order chi connectivity index (χ0) is 19.4. The minimum Gasteiger partial charge on any atom is -0.352 e. The van der Waals surface area contributed by atoms with Crippen LogP contribution in [-0.2, 0) is 14.8 Å². The van der Waals surface area contributed by atoms with Crippen molar-refractivity contribution in [2.24, 2.45) is 0 Å². The summed E-state index contributed by atoms with van der Waals surface area (Å²) in [5.41, 5.74) is 1.04. The Kier molecular flexibility index (Phi) is 6.55. The fourth-order valence-corrected chi connectivity index (χ4v) is 5.43. The molecule has 1 N–H and O–H groups in total. The summed E-state index contributed by atoms with van der Waals surface area (Å²) in [6.45, 7) is 6.08. The maximum absolute atomic E-state index is 12.9. The highest BCUT2D eigenvalue weighted by molar-refractivity contribution is 7.89. The lowest BCUT2D eigenvalue weighted by atomic mass is 10.2. The van der Waals surface area contributed by atoms with Crippen LogP contribution in [0.5, 0.6) is 0 Å². The Morgan fingerprint density at radius 2 is 1.70 bits per heavy atom. The van der Waals surface area contributed by atoms with Crippen molar-refractivity contribution in [3.63, 3.8) is 0 Å². The minimum absolute atomic E-state index is 0.0664. The third kappa shape index (κ3) is 4.89. The van der Waals surface area contributed by atoms with Crippen molar-refractivity contribution in [2.75, 3.05) is 26.2 Å². The Bertz CT molecular complexity index is 742. The van der Waals surface area contributed by atoms with Crippen molar-refractivity contribution in [3.8, 4) is 0 Å². The summed E-state index contributed by atoms with van der Waals surface area (Å²) in [7, 11) is -3.48. The number of amides is 1. The van der Waals surface area contributed by atoms with Gasteiger partial charge >= 0.3 is 0 Å². The highest BCUT2D eigenvalue weighted by Crippen LogP contribution is 2.20. The molecule has 1 aromatic rings. The molecule has 1 saturated heterocycles. The third-order valence-electron chi connectivity index (χ3n) is 5.78. The summed E-state index contributed by atoms with van der Waals surface area (Å²) in [5, 5.41) is 3.16. The molecule has 1 aliphatic heterocycles. The van der Waals surface area contributed by atoms with Crippen LogP contribution in [0.4, 0.5) is 0 Å².